The first-order valence-electron chi connectivity index (χ1n) is 3.78. The van der Waals surface area contributed by atoms with Gasteiger partial charge < -0.3 is 5.32 Å². The van der Waals surface area contributed by atoms with Gasteiger partial charge in [-0.2, -0.15) is 0 Å². The Labute approximate surface area is 59.8 Å². The van der Waals surface area contributed by atoms with Crippen molar-refractivity contribution >= 4 is 0 Å². The smallest absolute Gasteiger partial charge is 0.238 e. The average Bonchev–Trinajstić information content (AvgIpc) is 2.34. The highest BCUT2D eigenvalue weighted by Gasteiger charge is 2.15. The van der Waals surface area contributed by atoms with Crippen LogP contribution in [0, 0.1) is 5.92 Å². The van der Waals surface area contributed by atoms with Gasteiger partial charge >= 0.3 is 0 Å². The molecule has 60 valence electrons. The second-order valence-electron chi connectivity index (χ2n) is 2.83. The molecule has 1 aliphatic rings. The molecule has 0 spiro atoms. The molecule has 0 amide bonds. The lowest BCUT2D eigenvalue weighted by Crippen LogP contribution is -2.09. The topological polar surface area (TPSA) is 12.0 Å². The van der Waals surface area contributed by atoms with E-state index in [0.29, 0.717) is 12.3 Å². The highest BCUT2D eigenvalue weighted by atomic mass is 19.3. The molecule has 0 saturated carbocycles. The van der Waals surface area contributed by atoms with Gasteiger partial charge in [0.2, 0.25) is 6.43 Å². The number of alkyl halides is 2. The summed E-state index contributed by atoms with van der Waals surface area (Å²) in [6.07, 6.45) is -0.274. The summed E-state index contributed by atoms with van der Waals surface area (Å²) >= 11 is 0. The van der Waals surface area contributed by atoms with E-state index < -0.39 is 6.43 Å². The van der Waals surface area contributed by atoms with Gasteiger partial charge in [-0.15, -0.1) is 0 Å². The molecule has 0 aromatic carbocycles. The normalized spacial score (nSPS) is 26.1. The molecule has 1 atom stereocenters. The van der Waals surface area contributed by atoms with Crippen molar-refractivity contribution in [3.63, 3.8) is 0 Å². The van der Waals surface area contributed by atoms with Crippen molar-refractivity contribution < 1.29 is 8.78 Å². The molecule has 0 aromatic rings. The predicted octanol–water partition coefficient (Wildman–Crippen LogP) is 1.64. The fourth-order valence-corrected chi connectivity index (χ4v) is 1.32. The van der Waals surface area contributed by atoms with Gasteiger partial charge in [0.05, 0.1) is 0 Å². The minimum absolute atomic E-state index is 0.0757. The van der Waals surface area contributed by atoms with Crippen LogP contribution in [-0.4, -0.2) is 19.5 Å². The largest absolute Gasteiger partial charge is 0.316 e. The van der Waals surface area contributed by atoms with Crippen LogP contribution in [0.2, 0.25) is 0 Å². The summed E-state index contributed by atoms with van der Waals surface area (Å²) in [4.78, 5) is 0. The van der Waals surface area contributed by atoms with Gasteiger partial charge in [0.15, 0.2) is 0 Å². The van der Waals surface area contributed by atoms with E-state index in [0.717, 1.165) is 19.5 Å². The molecular formula is C7H13F2N. The summed E-state index contributed by atoms with van der Waals surface area (Å²) in [5, 5.41) is 3.15. The molecule has 1 saturated heterocycles. The summed E-state index contributed by atoms with van der Waals surface area (Å²) in [5.41, 5.74) is 0. The van der Waals surface area contributed by atoms with Crippen LogP contribution in [0.25, 0.3) is 0 Å². The predicted molar refractivity (Wildman–Crippen MR) is 36.2 cm³/mol. The molecular weight excluding hydrogens is 136 g/mol. The lowest BCUT2D eigenvalue weighted by molar-refractivity contribution is 0.128. The Balaban J connectivity index is 2.01. The minimum atomic E-state index is -2.11. The monoisotopic (exact) mass is 149 g/mol. The number of halogens is 2. The second-order valence-corrected chi connectivity index (χ2v) is 2.83. The molecule has 3 heteroatoms. The van der Waals surface area contributed by atoms with Crippen molar-refractivity contribution in [1.29, 1.82) is 0 Å². The van der Waals surface area contributed by atoms with Crippen molar-refractivity contribution in [3.8, 4) is 0 Å². The van der Waals surface area contributed by atoms with Crippen LogP contribution in [0.1, 0.15) is 19.3 Å². The molecule has 1 rings (SSSR count). The Morgan fingerprint density at radius 1 is 1.50 bits per heavy atom. The van der Waals surface area contributed by atoms with Gasteiger partial charge in [0.25, 0.3) is 0 Å². The van der Waals surface area contributed by atoms with E-state index in [1.807, 2.05) is 0 Å². The van der Waals surface area contributed by atoms with Crippen molar-refractivity contribution in [2.75, 3.05) is 13.1 Å². The standard InChI is InChI=1S/C7H13F2N/c8-7(9)2-1-6-3-4-10-5-6/h6-7,10H,1-5H2/t6-/m0/s1. The Kier molecular flexibility index (Phi) is 3.06. The zero-order valence-corrected chi connectivity index (χ0v) is 5.95. The summed E-state index contributed by atoms with van der Waals surface area (Å²) < 4.78 is 23.3. The molecule has 0 bridgehead atoms. The summed E-state index contributed by atoms with van der Waals surface area (Å²) in [7, 11) is 0. The number of rotatable bonds is 3. The molecule has 0 aromatic heterocycles. The van der Waals surface area contributed by atoms with Crippen LogP contribution in [0.4, 0.5) is 8.78 Å². The van der Waals surface area contributed by atoms with Crippen molar-refractivity contribution in [1.82, 2.24) is 5.32 Å². The van der Waals surface area contributed by atoms with Gasteiger partial charge in [0.1, 0.15) is 0 Å². The van der Waals surface area contributed by atoms with Gasteiger partial charge in [-0.3, -0.25) is 0 Å². The van der Waals surface area contributed by atoms with Gasteiger partial charge in [-0.25, -0.2) is 8.78 Å². The van der Waals surface area contributed by atoms with E-state index in [2.05, 4.69) is 5.32 Å². The summed E-state index contributed by atoms with van der Waals surface area (Å²) in [6, 6.07) is 0. The maximum atomic E-state index is 11.7. The molecule has 10 heavy (non-hydrogen) atoms. The number of hydrogen-bond acceptors (Lipinski definition) is 1. The maximum Gasteiger partial charge on any atom is 0.238 e. The van der Waals surface area contributed by atoms with E-state index in [-0.39, 0.29) is 6.42 Å². The third-order valence-electron chi connectivity index (χ3n) is 1.96. The second kappa shape index (κ2) is 3.86. The molecule has 0 unspecified atom stereocenters. The maximum absolute atomic E-state index is 11.7. The highest BCUT2D eigenvalue weighted by molar-refractivity contribution is 4.70. The van der Waals surface area contributed by atoms with Gasteiger partial charge in [-0.1, -0.05) is 0 Å². The Morgan fingerprint density at radius 3 is 2.80 bits per heavy atom. The first kappa shape index (κ1) is 7.92. The lowest BCUT2D eigenvalue weighted by atomic mass is 10.0. The third kappa shape index (κ3) is 2.60. The van der Waals surface area contributed by atoms with Crippen LogP contribution in [0.3, 0.4) is 0 Å². The van der Waals surface area contributed by atoms with E-state index >= 15 is 0 Å². The van der Waals surface area contributed by atoms with Crippen LogP contribution >= 0.6 is 0 Å². The fraction of sp³-hybridized carbons (Fsp3) is 1.00. The number of nitrogens with one attached hydrogen (secondary N) is 1. The lowest BCUT2D eigenvalue weighted by Gasteiger charge is -2.05. The highest BCUT2D eigenvalue weighted by Crippen LogP contribution is 2.16. The molecule has 0 aliphatic carbocycles. The third-order valence-corrected chi connectivity index (χ3v) is 1.96. The van der Waals surface area contributed by atoms with E-state index in [9.17, 15) is 8.78 Å². The summed E-state index contributed by atoms with van der Waals surface area (Å²) in [6.45, 7) is 1.95. The molecule has 1 heterocycles. The molecule has 1 N–H and O–H groups in total. The van der Waals surface area contributed by atoms with Gasteiger partial charge in [0, 0.05) is 6.42 Å². The van der Waals surface area contributed by atoms with E-state index in [4.69, 9.17) is 0 Å². The van der Waals surface area contributed by atoms with Crippen molar-refractivity contribution in [2.45, 2.75) is 25.7 Å². The fourth-order valence-electron chi connectivity index (χ4n) is 1.32. The molecule has 1 aliphatic heterocycles. The first-order valence-corrected chi connectivity index (χ1v) is 3.78. The Hall–Kier alpha value is -0.180. The summed E-state index contributed by atoms with van der Waals surface area (Å²) in [5.74, 6) is 0.508. The van der Waals surface area contributed by atoms with E-state index in [1.54, 1.807) is 0 Å². The Bertz CT molecular complexity index is 89.6. The number of hydrogen-bond donors (Lipinski definition) is 1. The minimum Gasteiger partial charge on any atom is -0.316 e. The molecule has 0 radical (unpaired) electrons. The van der Waals surface area contributed by atoms with Gasteiger partial charge in [-0.05, 0) is 31.8 Å². The quantitative estimate of drug-likeness (QED) is 0.643. The first-order chi connectivity index (χ1) is 4.79. The Morgan fingerprint density at radius 2 is 2.30 bits per heavy atom. The van der Waals surface area contributed by atoms with Crippen LogP contribution in [-0.2, 0) is 0 Å². The zero-order chi connectivity index (χ0) is 7.40. The average molecular weight is 149 g/mol. The van der Waals surface area contributed by atoms with Crippen LogP contribution < -0.4 is 5.32 Å². The van der Waals surface area contributed by atoms with Crippen molar-refractivity contribution in [3.05, 3.63) is 0 Å². The van der Waals surface area contributed by atoms with E-state index in [1.165, 1.54) is 0 Å². The van der Waals surface area contributed by atoms with Crippen LogP contribution in [0.15, 0.2) is 0 Å². The molecule has 1 nitrogen and oxygen atoms in total. The van der Waals surface area contributed by atoms with Crippen molar-refractivity contribution in [2.24, 2.45) is 5.92 Å². The zero-order valence-electron chi connectivity index (χ0n) is 5.95. The SMILES string of the molecule is FC(F)CC[C@H]1CCNC1. The molecule has 1 fully saturated rings. The van der Waals surface area contributed by atoms with Crippen LogP contribution in [0.5, 0.6) is 0 Å².